The van der Waals surface area contributed by atoms with Gasteiger partial charge in [-0.05, 0) is 61.6 Å². The number of hydrogen-bond donors (Lipinski definition) is 0. The number of carbonyl (C=O) groups is 1. The van der Waals surface area contributed by atoms with Gasteiger partial charge in [0.1, 0.15) is 17.2 Å². The zero-order valence-corrected chi connectivity index (χ0v) is 20.2. The fraction of sp³-hybridized carbons (Fsp3) is 0.269. The Morgan fingerprint density at radius 3 is 2.21 bits per heavy atom. The van der Waals surface area contributed by atoms with Crippen molar-refractivity contribution in [3.05, 3.63) is 70.2 Å². The van der Waals surface area contributed by atoms with Crippen LogP contribution in [0.2, 0.25) is 10.0 Å². The summed E-state index contributed by atoms with van der Waals surface area (Å²) >= 11 is 13.4. The van der Waals surface area contributed by atoms with E-state index in [1.165, 1.54) is 18.2 Å². The Bertz CT molecular complexity index is 1170. The number of rotatable bonds is 6. The molecule has 1 heterocycles. The van der Waals surface area contributed by atoms with E-state index in [2.05, 4.69) is 6.07 Å². The molecule has 33 heavy (non-hydrogen) atoms. The van der Waals surface area contributed by atoms with Gasteiger partial charge in [-0.2, -0.15) is 5.26 Å². The van der Waals surface area contributed by atoms with E-state index < -0.39 is 0 Å². The van der Waals surface area contributed by atoms with Gasteiger partial charge in [0, 0.05) is 21.2 Å². The van der Waals surface area contributed by atoms with Crippen molar-refractivity contribution < 1.29 is 9.53 Å². The second-order valence-corrected chi connectivity index (χ2v) is 9.74. The van der Waals surface area contributed by atoms with E-state index in [4.69, 9.17) is 32.9 Å². The quantitative estimate of drug-likeness (QED) is 0.260. The van der Waals surface area contributed by atoms with E-state index in [0.717, 1.165) is 42.4 Å². The summed E-state index contributed by atoms with van der Waals surface area (Å²) in [5.41, 5.74) is 3.56. The maximum Gasteiger partial charge on any atom is 0.316 e. The van der Waals surface area contributed by atoms with Crippen molar-refractivity contribution in [1.82, 2.24) is 4.98 Å². The highest BCUT2D eigenvalue weighted by Crippen LogP contribution is 2.35. The molecule has 2 aromatic carbocycles. The van der Waals surface area contributed by atoms with Gasteiger partial charge >= 0.3 is 5.97 Å². The van der Waals surface area contributed by atoms with Crippen LogP contribution in [-0.2, 0) is 9.53 Å². The molecule has 0 atom stereocenters. The van der Waals surface area contributed by atoms with Gasteiger partial charge in [0.05, 0.1) is 17.0 Å². The van der Waals surface area contributed by atoms with E-state index in [9.17, 15) is 10.1 Å². The topological polar surface area (TPSA) is 63.0 Å². The number of thioether (sulfide) groups is 1. The molecular formula is C26H22Cl2N2O2S. The second-order valence-electron chi connectivity index (χ2n) is 7.90. The van der Waals surface area contributed by atoms with Gasteiger partial charge in [-0.15, -0.1) is 0 Å². The van der Waals surface area contributed by atoms with E-state index in [0.29, 0.717) is 26.3 Å². The SMILES string of the molecule is N#Cc1c(-c2ccc(Cl)cc2)cc(-c2ccc(Cl)cc2)nc1SCC(=O)OC1CCCCC1. The summed E-state index contributed by atoms with van der Waals surface area (Å²) < 4.78 is 5.64. The number of carbonyl (C=O) groups excluding carboxylic acids is 1. The van der Waals surface area contributed by atoms with Crippen LogP contribution in [0.1, 0.15) is 37.7 Å². The standard InChI is InChI=1S/C26H22Cl2N2O2S/c27-19-10-6-17(7-11-19)22-14-24(18-8-12-20(28)13-9-18)30-26(23(22)15-29)33-16-25(31)32-21-4-2-1-3-5-21/h6-14,21H,1-5,16H2. The lowest BCUT2D eigenvalue weighted by atomic mass is 9.98. The molecule has 1 saturated carbocycles. The molecule has 3 aromatic rings. The van der Waals surface area contributed by atoms with Crippen molar-refractivity contribution in [3.63, 3.8) is 0 Å². The van der Waals surface area contributed by atoms with Crippen LogP contribution in [0.15, 0.2) is 59.6 Å². The Labute approximate surface area is 207 Å². The van der Waals surface area contributed by atoms with Crippen molar-refractivity contribution in [1.29, 1.82) is 5.26 Å². The van der Waals surface area contributed by atoms with Gasteiger partial charge in [-0.1, -0.05) is 65.7 Å². The van der Waals surface area contributed by atoms with Crippen molar-refractivity contribution in [2.75, 3.05) is 5.75 Å². The Morgan fingerprint density at radius 1 is 1.00 bits per heavy atom. The normalized spacial score (nSPS) is 14.0. The minimum absolute atomic E-state index is 0.000256. The summed E-state index contributed by atoms with van der Waals surface area (Å²) in [4.78, 5) is 17.2. The average molecular weight is 497 g/mol. The predicted octanol–water partition coefficient (Wildman–Crippen LogP) is 7.56. The monoisotopic (exact) mass is 496 g/mol. The summed E-state index contributed by atoms with van der Waals surface area (Å²) in [6, 6.07) is 18.8. The molecule has 0 spiro atoms. The van der Waals surface area contributed by atoms with Gasteiger partial charge in [0.25, 0.3) is 0 Å². The molecule has 4 nitrogen and oxygen atoms in total. The van der Waals surface area contributed by atoms with E-state index in [1.807, 2.05) is 30.3 Å². The highest BCUT2D eigenvalue weighted by molar-refractivity contribution is 7.99. The molecule has 7 heteroatoms. The fourth-order valence-electron chi connectivity index (χ4n) is 3.89. The van der Waals surface area contributed by atoms with Crippen LogP contribution < -0.4 is 0 Å². The van der Waals surface area contributed by atoms with Gasteiger partial charge in [-0.3, -0.25) is 4.79 Å². The van der Waals surface area contributed by atoms with Crippen LogP contribution in [0.4, 0.5) is 0 Å². The zero-order chi connectivity index (χ0) is 23.2. The number of nitrogens with zero attached hydrogens (tertiary/aromatic N) is 2. The lowest BCUT2D eigenvalue weighted by Gasteiger charge is -2.21. The first-order valence-corrected chi connectivity index (χ1v) is 12.6. The number of ether oxygens (including phenoxy) is 1. The van der Waals surface area contributed by atoms with Crippen molar-refractivity contribution >= 4 is 40.9 Å². The highest BCUT2D eigenvalue weighted by Gasteiger charge is 2.20. The molecule has 1 aliphatic carbocycles. The zero-order valence-electron chi connectivity index (χ0n) is 17.9. The van der Waals surface area contributed by atoms with Crippen LogP contribution in [0.3, 0.4) is 0 Å². The molecule has 0 radical (unpaired) electrons. The molecule has 0 saturated heterocycles. The third-order valence-corrected chi connectivity index (χ3v) is 7.02. The molecule has 1 fully saturated rings. The maximum atomic E-state index is 12.5. The molecule has 168 valence electrons. The number of aromatic nitrogens is 1. The molecular weight excluding hydrogens is 475 g/mol. The first-order chi connectivity index (χ1) is 16.0. The minimum atomic E-state index is -0.275. The van der Waals surface area contributed by atoms with Crippen LogP contribution in [0.5, 0.6) is 0 Å². The van der Waals surface area contributed by atoms with E-state index in [1.54, 1.807) is 24.3 Å². The Hall–Kier alpha value is -2.52. The number of halogens is 2. The van der Waals surface area contributed by atoms with Crippen molar-refractivity contribution in [2.24, 2.45) is 0 Å². The van der Waals surface area contributed by atoms with Crippen LogP contribution in [0, 0.1) is 11.3 Å². The summed E-state index contributed by atoms with van der Waals surface area (Å²) in [5.74, 6) is -0.176. The predicted molar refractivity (Wildman–Crippen MR) is 134 cm³/mol. The van der Waals surface area contributed by atoms with Gasteiger partial charge < -0.3 is 4.74 Å². The molecule has 1 aliphatic rings. The number of nitriles is 1. The third kappa shape index (κ3) is 6.09. The van der Waals surface area contributed by atoms with Crippen molar-refractivity contribution in [2.45, 2.75) is 43.2 Å². The Kier molecular flexibility index (Phi) is 7.93. The van der Waals surface area contributed by atoms with E-state index >= 15 is 0 Å². The first-order valence-electron chi connectivity index (χ1n) is 10.8. The van der Waals surface area contributed by atoms with Crippen molar-refractivity contribution in [3.8, 4) is 28.5 Å². The summed E-state index contributed by atoms with van der Waals surface area (Å²) in [7, 11) is 0. The summed E-state index contributed by atoms with van der Waals surface area (Å²) in [6.07, 6.45) is 5.23. The summed E-state index contributed by atoms with van der Waals surface area (Å²) in [5, 5.41) is 11.7. The molecule has 0 aliphatic heterocycles. The number of pyridine rings is 1. The molecule has 0 N–H and O–H groups in total. The lowest BCUT2D eigenvalue weighted by molar-refractivity contribution is -0.147. The largest absolute Gasteiger partial charge is 0.462 e. The molecule has 1 aromatic heterocycles. The second kappa shape index (κ2) is 11.1. The maximum absolute atomic E-state index is 12.5. The average Bonchev–Trinajstić information content (AvgIpc) is 2.84. The third-order valence-electron chi connectivity index (χ3n) is 5.57. The molecule has 0 unspecified atom stereocenters. The molecule has 0 bridgehead atoms. The number of esters is 1. The minimum Gasteiger partial charge on any atom is -0.462 e. The van der Waals surface area contributed by atoms with Gasteiger partial charge in [0.15, 0.2) is 0 Å². The fourth-order valence-corrected chi connectivity index (χ4v) is 4.93. The van der Waals surface area contributed by atoms with Gasteiger partial charge in [0.2, 0.25) is 0 Å². The summed E-state index contributed by atoms with van der Waals surface area (Å²) in [6.45, 7) is 0. The Morgan fingerprint density at radius 2 is 1.61 bits per heavy atom. The van der Waals surface area contributed by atoms with Crippen LogP contribution in [0.25, 0.3) is 22.4 Å². The smallest absolute Gasteiger partial charge is 0.316 e. The number of benzene rings is 2. The first kappa shape index (κ1) is 23.6. The highest BCUT2D eigenvalue weighted by atomic mass is 35.5. The van der Waals surface area contributed by atoms with E-state index in [-0.39, 0.29) is 17.8 Å². The van der Waals surface area contributed by atoms with Crippen LogP contribution >= 0.6 is 35.0 Å². The van der Waals surface area contributed by atoms with Gasteiger partial charge in [-0.25, -0.2) is 4.98 Å². The van der Waals surface area contributed by atoms with Crippen LogP contribution in [-0.4, -0.2) is 22.8 Å². The Balaban J connectivity index is 1.66. The lowest BCUT2D eigenvalue weighted by Crippen LogP contribution is -2.22. The molecule has 0 amide bonds. The molecule has 4 rings (SSSR count). The number of hydrogen-bond acceptors (Lipinski definition) is 5.